The topological polar surface area (TPSA) is 63.5 Å². The molecule has 0 bridgehead atoms. The molecule has 5 heteroatoms. The van der Waals surface area contributed by atoms with Crippen molar-refractivity contribution in [2.75, 3.05) is 11.9 Å². The minimum absolute atomic E-state index is 0.0294. The molecule has 0 saturated carbocycles. The molecule has 1 amide bonds. The van der Waals surface area contributed by atoms with Crippen molar-refractivity contribution in [3.8, 4) is 5.75 Å². The maximum atomic E-state index is 12.1. The summed E-state index contributed by atoms with van der Waals surface area (Å²) < 4.78 is 11.3. The van der Waals surface area contributed by atoms with Crippen molar-refractivity contribution >= 4 is 11.6 Å². The second kappa shape index (κ2) is 9.05. The summed E-state index contributed by atoms with van der Waals surface area (Å²) >= 11 is 0. The van der Waals surface area contributed by atoms with Crippen LogP contribution in [0.4, 0.5) is 5.69 Å². The number of hydrogen-bond acceptors (Lipinski definition) is 4. The first-order chi connectivity index (χ1) is 13.1. The Balaban J connectivity index is 1.44. The quantitative estimate of drug-likeness (QED) is 0.620. The van der Waals surface area contributed by atoms with Crippen LogP contribution in [-0.4, -0.2) is 12.5 Å². The molecule has 0 fully saturated rings. The minimum Gasteiger partial charge on any atom is -0.489 e. The molecule has 1 heterocycles. The predicted molar refractivity (Wildman–Crippen MR) is 106 cm³/mol. The lowest BCUT2D eigenvalue weighted by Gasteiger charge is -2.12. The Bertz CT molecular complexity index is 857. The van der Waals surface area contributed by atoms with E-state index >= 15 is 0 Å². The normalized spacial score (nSPS) is 11.8. The maximum Gasteiger partial charge on any atom is 0.238 e. The number of carbonyl (C=O) groups excluding carboxylic acids is 1. The van der Waals surface area contributed by atoms with Crippen LogP contribution in [0.15, 0.2) is 71.1 Å². The van der Waals surface area contributed by atoms with E-state index in [9.17, 15) is 4.79 Å². The van der Waals surface area contributed by atoms with Crippen LogP contribution >= 0.6 is 0 Å². The summed E-state index contributed by atoms with van der Waals surface area (Å²) in [7, 11) is 0. The van der Waals surface area contributed by atoms with E-state index in [2.05, 4.69) is 10.6 Å². The summed E-state index contributed by atoms with van der Waals surface area (Å²) in [5, 5.41) is 6.02. The number of amides is 1. The summed E-state index contributed by atoms with van der Waals surface area (Å²) in [6.07, 6.45) is 0. The molecule has 3 rings (SSSR count). The number of furan rings is 1. The maximum absolute atomic E-state index is 12.1. The zero-order valence-electron chi connectivity index (χ0n) is 15.6. The van der Waals surface area contributed by atoms with Gasteiger partial charge in [-0.3, -0.25) is 10.1 Å². The Morgan fingerprint density at radius 2 is 1.78 bits per heavy atom. The molecule has 2 aromatic carbocycles. The van der Waals surface area contributed by atoms with Crippen LogP contribution in [0.5, 0.6) is 5.75 Å². The van der Waals surface area contributed by atoms with E-state index in [1.54, 1.807) is 0 Å². The zero-order valence-corrected chi connectivity index (χ0v) is 15.6. The Kier molecular flexibility index (Phi) is 6.28. The fourth-order valence-electron chi connectivity index (χ4n) is 2.61. The predicted octanol–water partition coefficient (Wildman–Crippen LogP) is 4.46. The van der Waals surface area contributed by atoms with Crippen molar-refractivity contribution in [1.82, 2.24) is 5.32 Å². The van der Waals surface area contributed by atoms with E-state index in [-0.39, 0.29) is 18.5 Å². The van der Waals surface area contributed by atoms with Crippen LogP contribution < -0.4 is 15.4 Å². The van der Waals surface area contributed by atoms with Gasteiger partial charge >= 0.3 is 0 Å². The molecule has 27 heavy (non-hydrogen) atoms. The molecule has 140 valence electrons. The van der Waals surface area contributed by atoms with Crippen LogP contribution in [0.2, 0.25) is 0 Å². The van der Waals surface area contributed by atoms with Crippen molar-refractivity contribution < 1.29 is 13.9 Å². The van der Waals surface area contributed by atoms with Gasteiger partial charge in [0.05, 0.1) is 12.6 Å². The molecule has 0 aliphatic carbocycles. The monoisotopic (exact) mass is 364 g/mol. The molecule has 2 N–H and O–H groups in total. The molecule has 0 aliphatic heterocycles. The van der Waals surface area contributed by atoms with Crippen LogP contribution in [0, 0.1) is 6.92 Å². The van der Waals surface area contributed by atoms with E-state index in [4.69, 9.17) is 9.15 Å². The first-order valence-electron chi connectivity index (χ1n) is 8.96. The van der Waals surface area contributed by atoms with Crippen LogP contribution in [-0.2, 0) is 11.4 Å². The van der Waals surface area contributed by atoms with Gasteiger partial charge in [-0.05, 0) is 55.8 Å². The van der Waals surface area contributed by atoms with Crippen molar-refractivity contribution in [2.24, 2.45) is 0 Å². The van der Waals surface area contributed by atoms with E-state index in [1.807, 2.05) is 80.6 Å². The van der Waals surface area contributed by atoms with Crippen molar-refractivity contribution in [3.63, 3.8) is 0 Å². The smallest absolute Gasteiger partial charge is 0.238 e. The summed E-state index contributed by atoms with van der Waals surface area (Å²) in [5.41, 5.74) is 1.84. The Morgan fingerprint density at radius 3 is 2.44 bits per heavy atom. The Hall–Kier alpha value is -3.05. The number of ether oxygens (including phenoxy) is 1. The van der Waals surface area contributed by atoms with Gasteiger partial charge in [0, 0.05) is 5.69 Å². The van der Waals surface area contributed by atoms with Crippen LogP contribution in [0.3, 0.4) is 0 Å². The minimum atomic E-state index is -0.108. The average Bonchev–Trinajstić information content (AvgIpc) is 3.13. The van der Waals surface area contributed by atoms with E-state index in [0.29, 0.717) is 6.61 Å². The molecule has 0 saturated heterocycles. The first kappa shape index (κ1) is 18.7. The number of carbonyl (C=O) groups is 1. The molecule has 3 aromatic rings. The van der Waals surface area contributed by atoms with Gasteiger partial charge in [0.15, 0.2) is 0 Å². The first-order valence-corrected chi connectivity index (χ1v) is 8.96. The SMILES string of the molecule is Cc1ccc(C(C)NCC(=O)Nc2ccc(OCc3ccccc3)cc2)o1. The molecule has 0 aliphatic rings. The fourth-order valence-corrected chi connectivity index (χ4v) is 2.61. The van der Waals surface area contributed by atoms with Gasteiger partial charge in [-0.2, -0.15) is 0 Å². The molecular formula is C22H24N2O3. The van der Waals surface area contributed by atoms with Gasteiger partial charge in [-0.25, -0.2) is 0 Å². The van der Waals surface area contributed by atoms with Crippen molar-refractivity contribution in [1.29, 1.82) is 0 Å². The van der Waals surface area contributed by atoms with Gasteiger partial charge in [-0.1, -0.05) is 30.3 Å². The average molecular weight is 364 g/mol. The van der Waals surface area contributed by atoms with Gasteiger partial charge in [0.2, 0.25) is 5.91 Å². The highest BCUT2D eigenvalue weighted by Gasteiger charge is 2.11. The number of hydrogen-bond donors (Lipinski definition) is 2. The van der Waals surface area contributed by atoms with Gasteiger partial charge in [0.25, 0.3) is 0 Å². The van der Waals surface area contributed by atoms with Crippen LogP contribution in [0.25, 0.3) is 0 Å². The largest absolute Gasteiger partial charge is 0.489 e. The van der Waals surface area contributed by atoms with E-state index in [0.717, 1.165) is 28.5 Å². The molecule has 0 spiro atoms. The Labute approximate surface area is 159 Å². The third-order valence-corrected chi connectivity index (χ3v) is 4.14. The number of rotatable bonds is 8. The van der Waals surface area contributed by atoms with Crippen molar-refractivity contribution in [2.45, 2.75) is 26.5 Å². The zero-order chi connectivity index (χ0) is 19.1. The second-order valence-corrected chi connectivity index (χ2v) is 6.40. The summed E-state index contributed by atoms with van der Waals surface area (Å²) in [5.74, 6) is 2.33. The van der Waals surface area contributed by atoms with Crippen LogP contribution in [0.1, 0.15) is 30.0 Å². The second-order valence-electron chi connectivity index (χ2n) is 6.40. The number of benzene rings is 2. The number of nitrogens with one attached hydrogen (secondary N) is 2. The third kappa shape index (κ3) is 5.72. The lowest BCUT2D eigenvalue weighted by molar-refractivity contribution is -0.115. The highest BCUT2D eigenvalue weighted by Crippen LogP contribution is 2.18. The number of aryl methyl sites for hydroxylation is 1. The van der Waals surface area contributed by atoms with Crippen molar-refractivity contribution in [3.05, 3.63) is 83.8 Å². The summed E-state index contributed by atoms with van der Waals surface area (Å²) in [4.78, 5) is 12.1. The van der Waals surface area contributed by atoms with E-state index < -0.39 is 0 Å². The van der Waals surface area contributed by atoms with Gasteiger partial charge in [-0.15, -0.1) is 0 Å². The molecule has 0 radical (unpaired) electrons. The van der Waals surface area contributed by atoms with Gasteiger partial charge < -0.3 is 14.5 Å². The molecule has 1 unspecified atom stereocenters. The molecule has 1 aromatic heterocycles. The fraction of sp³-hybridized carbons (Fsp3) is 0.227. The molecular weight excluding hydrogens is 340 g/mol. The summed E-state index contributed by atoms with van der Waals surface area (Å²) in [6.45, 7) is 4.58. The highest BCUT2D eigenvalue weighted by atomic mass is 16.5. The third-order valence-electron chi connectivity index (χ3n) is 4.14. The Morgan fingerprint density at radius 1 is 1.04 bits per heavy atom. The summed E-state index contributed by atoms with van der Waals surface area (Å²) in [6, 6.07) is 21.1. The molecule has 5 nitrogen and oxygen atoms in total. The van der Waals surface area contributed by atoms with E-state index in [1.165, 1.54) is 0 Å². The standard InChI is InChI=1S/C22H24N2O3/c1-16-8-13-21(27-16)17(2)23-14-22(25)24-19-9-11-20(12-10-19)26-15-18-6-4-3-5-7-18/h3-13,17,23H,14-15H2,1-2H3,(H,24,25). The number of anilines is 1. The molecule has 1 atom stereocenters. The highest BCUT2D eigenvalue weighted by molar-refractivity contribution is 5.92. The lowest BCUT2D eigenvalue weighted by atomic mass is 10.2. The lowest BCUT2D eigenvalue weighted by Crippen LogP contribution is -2.29. The van der Waals surface area contributed by atoms with Gasteiger partial charge in [0.1, 0.15) is 23.9 Å².